The Bertz CT molecular complexity index is 776. The Labute approximate surface area is 120 Å². The van der Waals surface area contributed by atoms with Crippen molar-refractivity contribution in [3.8, 4) is 6.07 Å². The second-order valence-corrected chi connectivity index (χ2v) is 6.54. The summed E-state index contributed by atoms with van der Waals surface area (Å²) in [4.78, 5) is -0.0928. The van der Waals surface area contributed by atoms with E-state index in [0.29, 0.717) is 12.0 Å². The molecule has 20 heavy (non-hydrogen) atoms. The maximum absolute atomic E-state index is 12.2. The topological polar surface area (TPSA) is 122 Å². The zero-order valence-electron chi connectivity index (χ0n) is 10.5. The van der Waals surface area contributed by atoms with E-state index in [9.17, 15) is 8.42 Å². The third-order valence-corrected chi connectivity index (χ3v) is 4.94. The standard InChI is InChI=1S/C11H11N5O2S2/c1-2-10-14-15-11(19-10)16-20(17,18)9-4-3-7(6-12)5-8(9)13/h3-5H,2,13H2,1H3,(H,15,16). The number of anilines is 2. The van der Waals surface area contributed by atoms with Crippen LogP contribution >= 0.6 is 11.3 Å². The highest BCUT2D eigenvalue weighted by Gasteiger charge is 2.19. The van der Waals surface area contributed by atoms with Crippen LogP contribution in [0.3, 0.4) is 0 Å². The molecule has 0 aliphatic rings. The van der Waals surface area contributed by atoms with E-state index in [1.165, 1.54) is 18.2 Å². The molecule has 9 heteroatoms. The largest absolute Gasteiger partial charge is 0.398 e. The van der Waals surface area contributed by atoms with Crippen molar-refractivity contribution in [1.29, 1.82) is 5.26 Å². The first-order chi connectivity index (χ1) is 9.46. The molecule has 1 aromatic carbocycles. The second kappa shape index (κ2) is 5.44. The van der Waals surface area contributed by atoms with Gasteiger partial charge in [0.1, 0.15) is 9.90 Å². The van der Waals surface area contributed by atoms with Crippen molar-refractivity contribution in [1.82, 2.24) is 10.2 Å². The van der Waals surface area contributed by atoms with Gasteiger partial charge in [-0.2, -0.15) is 5.26 Å². The molecule has 0 aliphatic heterocycles. The number of rotatable bonds is 4. The summed E-state index contributed by atoms with van der Waals surface area (Å²) in [5.74, 6) is 0. The van der Waals surface area contributed by atoms with E-state index in [2.05, 4.69) is 14.9 Å². The molecule has 0 radical (unpaired) electrons. The normalized spacial score (nSPS) is 11.0. The van der Waals surface area contributed by atoms with Crippen molar-refractivity contribution in [3.63, 3.8) is 0 Å². The number of nitriles is 1. The molecule has 2 aromatic rings. The number of aromatic nitrogens is 2. The minimum absolute atomic E-state index is 0.0109. The van der Waals surface area contributed by atoms with Crippen LogP contribution in [0, 0.1) is 11.3 Å². The molecule has 0 fully saturated rings. The Hall–Kier alpha value is -2.18. The summed E-state index contributed by atoms with van der Waals surface area (Å²) < 4.78 is 26.7. The first kappa shape index (κ1) is 14.2. The lowest BCUT2D eigenvalue weighted by atomic mass is 10.2. The van der Waals surface area contributed by atoms with Gasteiger partial charge in [-0.05, 0) is 24.6 Å². The van der Waals surface area contributed by atoms with Gasteiger partial charge >= 0.3 is 0 Å². The fourth-order valence-electron chi connectivity index (χ4n) is 1.47. The summed E-state index contributed by atoms with van der Waals surface area (Å²) in [7, 11) is -3.84. The summed E-state index contributed by atoms with van der Waals surface area (Å²) in [5, 5.41) is 17.2. The lowest BCUT2D eigenvalue weighted by molar-refractivity contribution is 0.601. The van der Waals surface area contributed by atoms with E-state index in [1.807, 2.05) is 13.0 Å². The van der Waals surface area contributed by atoms with Crippen molar-refractivity contribution in [2.24, 2.45) is 0 Å². The van der Waals surface area contributed by atoms with Crippen LogP contribution in [-0.2, 0) is 16.4 Å². The molecular formula is C11H11N5O2S2. The quantitative estimate of drug-likeness (QED) is 0.822. The van der Waals surface area contributed by atoms with Crippen LogP contribution < -0.4 is 10.5 Å². The number of nitrogens with two attached hydrogens (primary N) is 1. The molecule has 0 bridgehead atoms. The Morgan fingerprint density at radius 3 is 2.75 bits per heavy atom. The minimum atomic E-state index is -3.84. The highest BCUT2D eigenvalue weighted by Crippen LogP contribution is 2.24. The van der Waals surface area contributed by atoms with Crippen LogP contribution in [0.5, 0.6) is 0 Å². The van der Waals surface area contributed by atoms with Gasteiger partial charge < -0.3 is 5.73 Å². The lowest BCUT2D eigenvalue weighted by Gasteiger charge is -2.07. The van der Waals surface area contributed by atoms with Crippen LogP contribution in [0.2, 0.25) is 0 Å². The maximum atomic E-state index is 12.2. The smallest absolute Gasteiger partial charge is 0.265 e. The van der Waals surface area contributed by atoms with Gasteiger partial charge in [-0.3, -0.25) is 4.72 Å². The molecular weight excluding hydrogens is 298 g/mol. The third-order valence-electron chi connectivity index (χ3n) is 2.42. The lowest BCUT2D eigenvalue weighted by Crippen LogP contribution is -2.14. The van der Waals surface area contributed by atoms with E-state index in [4.69, 9.17) is 11.0 Å². The predicted molar refractivity (Wildman–Crippen MR) is 75.7 cm³/mol. The van der Waals surface area contributed by atoms with E-state index >= 15 is 0 Å². The fraction of sp³-hybridized carbons (Fsp3) is 0.182. The van der Waals surface area contributed by atoms with Gasteiger partial charge in [0.25, 0.3) is 10.0 Å². The van der Waals surface area contributed by atoms with Gasteiger partial charge in [0, 0.05) is 0 Å². The first-order valence-corrected chi connectivity index (χ1v) is 7.91. The van der Waals surface area contributed by atoms with E-state index in [-0.39, 0.29) is 15.7 Å². The average molecular weight is 309 g/mol. The van der Waals surface area contributed by atoms with Crippen LogP contribution in [-0.4, -0.2) is 18.6 Å². The molecule has 0 saturated heterocycles. The highest BCUT2D eigenvalue weighted by atomic mass is 32.2. The number of nitrogen functional groups attached to an aromatic ring is 1. The third kappa shape index (κ3) is 2.87. The first-order valence-electron chi connectivity index (χ1n) is 5.61. The summed E-state index contributed by atoms with van der Waals surface area (Å²) in [6.45, 7) is 1.90. The molecule has 104 valence electrons. The van der Waals surface area contributed by atoms with E-state index in [1.54, 1.807) is 0 Å². The van der Waals surface area contributed by atoms with E-state index < -0.39 is 10.0 Å². The summed E-state index contributed by atoms with van der Waals surface area (Å²) >= 11 is 1.16. The van der Waals surface area contributed by atoms with Crippen molar-refractivity contribution in [2.45, 2.75) is 18.2 Å². The molecule has 1 aromatic heterocycles. The molecule has 0 amide bonds. The van der Waals surface area contributed by atoms with Gasteiger partial charge in [0.15, 0.2) is 0 Å². The molecule has 0 spiro atoms. The highest BCUT2D eigenvalue weighted by molar-refractivity contribution is 7.93. The van der Waals surface area contributed by atoms with Crippen molar-refractivity contribution >= 4 is 32.2 Å². The van der Waals surface area contributed by atoms with Gasteiger partial charge in [0.2, 0.25) is 5.13 Å². The number of nitrogens with one attached hydrogen (secondary N) is 1. The van der Waals surface area contributed by atoms with Gasteiger partial charge in [0.05, 0.1) is 17.3 Å². The number of sulfonamides is 1. The summed E-state index contributed by atoms with van der Waals surface area (Å²) in [6, 6.07) is 5.88. The zero-order valence-corrected chi connectivity index (χ0v) is 12.1. The van der Waals surface area contributed by atoms with Crippen molar-refractivity contribution < 1.29 is 8.42 Å². The molecule has 2 rings (SSSR count). The average Bonchev–Trinajstić information content (AvgIpc) is 2.85. The Morgan fingerprint density at radius 2 is 2.20 bits per heavy atom. The van der Waals surface area contributed by atoms with Crippen LogP contribution in [0.1, 0.15) is 17.5 Å². The molecule has 1 heterocycles. The minimum Gasteiger partial charge on any atom is -0.398 e. The van der Waals surface area contributed by atoms with Crippen molar-refractivity contribution in [3.05, 3.63) is 28.8 Å². The molecule has 7 nitrogen and oxygen atoms in total. The second-order valence-electron chi connectivity index (χ2n) is 3.82. The predicted octanol–water partition coefficient (Wildman–Crippen LogP) is 1.36. The molecule has 3 N–H and O–H groups in total. The Balaban J connectivity index is 2.33. The van der Waals surface area contributed by atoms with Crippen LogP contribution in [0.25, 0.3) is 0 Å². The summed E-state index contributed by atoms with van der Waals surface area (Å²) in [6.07, 6.45) is 0.679. The monoisotopic (exact) mass is 309 g/mol. The van der Waals surface area contributed by atoms with Gasteiger partial charge in [-0.15, -0.1) is 10.2 Å². The number of hydrogen-bond acceptors (Lipinski definition) is 7. The molecule has 0 atom stereocenters. The number of nitrogens with zero attached hydrogens (tertiary/aromatic N) is 3. The number of aryl methyl sites for hydroxylation is 1. The number of hydrogen-bond donors (Lipinski definition) is 2. The molecule has 0 unspecified atom stereocenters. The fourth-order valence-corrected chi connectivity index (χ4v) is 3.49. The molecule has 0 aliphatic carbocycles. The van der Waals surface area contributed by atoms with E-state index in [0.717, 1.165) is 16.3 Å². The van der Waals surface area contributed by atoms with Gasteiger partial charge in [-0.1, -0.05) is 18.3 Å². The van der Waals surface area contributed by atoms with Crippen molar-refractivity contribution in [2.75, 3.05) is 10.5 Å². The Kier molecular flexibility index (Phi) is 3.87. The van der Waals surface area contributed by atoms with Gasteiger partial charge in [-0.25, -0.2) is 8.42 Å². The zero-order chi connectivity index (χ0) is 14.8. The summed E-state index contributed by atoms with van der Waals surface area (Å²) in [5.41, 5.74) is 5.97. The molecule has 0 saturated carbocycles. The number of benzene rings is 1. The van der Waals surface area contributed by atoms with Crippen LogP contribution in [0.4, 0.5) is 10.8 Å². The van der Waals surface area contributed by atoms with Crippen LogP contribution in [0.15, 0.2) is 23.1 Å². The maximum Gasteiger partial charge on any atom is 0.265 e. The Morgan fingerprint density at radius 1 is 1.45 bits per heavy atom. The SMILES string of the molecule is CCc1nnc(NS(=O)(=O)c2ccc(C#N)cc2N)s1.